The highest BCUT2D eigenvalue weighted by molar-refractivity contribution is 5.92. The van der Waals surface area contributed by atoms with Crippen LogP contribution < -0.4 is 20.3 Å². The Morgan fingerprint density at radius 3 is 2.55 bits per heavy atom. The molecular formula is C22H25N3O4. The van der Waals surface area contributed by atoms with Gasteiger partial charge in [-0.3, -0.25) is 14.2 Å². The Morgan fingerprint density at radius 1 is 1.07 bits per heavy atom. The van der Waals surface area contributed by atoms with Crippen molar-refractivity contribution in [2.24, 2.45) is 0 Å². The molecule has 3 rings (SSSR count). The van der Waals surface area contributed by atoms with Gasteiger partial charge in [0.15, 0.2) is 0 Å². The molecule has 0 saturated carbocycles. The first-order valence-corrected chi connectivity index (χ1v) is 9.75. The molecule has 1 heterocycles. The second-order valence-corrected chi connectivity index (χ2v) is 6.36. The third-order valence-corrected chi connectivity index (χ3v) is 4.39. The summed E-state index contributed by atoms with van der Waals surface area (Å²) in [5.74, 6) is 1.40. The van der Waals surface area contributed by atoms with Crippen LogP contribution in [0.25, 0.3) is 10.9 Å². The maximum atomic E-state index is 12.9. The first-order valence-electron chi connectivity index (χ1n) is 9.75. The highest BCUT2D eigenvalue weighted by Gasteiger charge is 2.15. The average molecular weight is 395 g/mol. The van der Waals surface area contributed by atoms with Crippen LogP contribution in [0.15, 0.2) is 47.3 Å². The van der Waals surface area contributed by atoms with Crippen molar-refractivity contribution < 1.29 is 14.3 Å². The average Bonchev–Trinajstić information content (AvgIpc) is 2.72. The lowest BCUT2D eigenvalue weighted by molar-refractivity contribution is -0.116. The number of aryl methyl sites for hydroxylation is 1. The predicted molar refractivity (Wildman–Crippen MR) is 113 cm³/mol. The number of carbonyl (C=O) groups is 1. The molecule has 7 heteroatoms. The van der Waals surface area contributed by atoms with Crippen molar-refractivity contribution in [2.45, 2.75) is 33.7 Å². The van der Waals surface area contributed by atoms with Gasteiger partial charge in [-0.1, -0.05) is 19.1 Å². The summed E-state index contributed by atoms with van der Waals surface area (Å²) in [4.78, 5) is 30.2. The number of hydrogen-bond acceptors (Lipinski definition) is 5. The van der Waals surface area contributed by atoms with E-state index in [1.165, 1.54) is 4.57 Å². The summed E-state index contributed by atoms with van der Waals surface area (Å²) in [5, 5.41) is 3.33. The fourth-order valence-corrected chi connectivity index (χ4v) is 3.12. The molecule has 1 aromatic heterocycles. The highest BCUT2D eigenvalue weighted by Crippen LogP contribution is 2.29. The molecule has 2 aromatic carbocycles. The summed E-state index contributed by atoms with van der Waals surface area (Å²) >= 11 is 0. The fourth-order valence-electron chi connectivity index (χ4n) is 3.12. The van der Waals surface area contributed by atoms with Gasteiger partial charge in [0.05, 0.1) is 29.8 Å². The molecule has 0 spiro atoms. The lowest BCUT2D eigenvalue weighted by atomic mass is 10.2. The van der Waals surface area contributed by atoms with E-state index in [-0.39, 0.29) is 18.0 Å². The molecule has 0 aliphatic carbocycles. The SMILES string of the molecule is CCOc1ccc(OCC)c(NC(=O)Cn2c(CC)nc3ccccc3c2=O)c1. The van der Waals surface area contributed by atoms with Crippen LogP contribution in [0, 0.1) is 0 Å². The lowest BCUT2D eigenvalue weighted by Crippen LogP contribution is -2.31. The molecule has 0 unspecified atom stereocenters. The van der Waals surface area contributed by atoms with Crippen molar-refractivity contribution in [2.75, 3.05) is 18.5 Å². The van der Waals surface area contributed by atoms with Crippen LogP contribution in [0.5, 0.6) is 11.5 Å². The van der Waals surface area contributed by atoms with Crippen molar-refractivity contribution in [1.82, 2.24) is 9.55 Å². The number of nitrogens with one attached hydrogen (secondary N) is 1. The van der Waals surface area contributed by atoms with Crippen molar-refractivity contribution in [1.29, 1.82) is 0 Å². The van der Waals surface area contributed by atoms with Gasteiger partial charge in [-0.2, -0.15) is 0 Å². The molecule has 0 aliphatic heterocycles. The molecule has 0 aliphatic rings. The number of para-hydroxylation sites is 1. The number of rotatable bonds is 8. The smallest absolute Gasteiger partial charge is 0.261 e. The van der Waals surface area contributed by atoms with Gasteiger partial charge in [0, 0.05) is 12.5 Å². The van der Waals surface area contributed by atoms with Gasteiger partial charge in [0.1, 0.15) is 23.9 Å². The van der Waals surface area contributed by atoms with Gasteiger partial charge in [-0.05, 0) is 38.1 Å². The van der Waals surface area contributed by atoms with Crippen molar-refractivity contribution in [3.05, 3.63) is 58.6 Å². The Morgan fingerprint density at radius 2 is 1.83 bits per heavy atom. The predicted octanol–water partition coefficient (Wildman–Crippen LogP) is 3.40. The summed E-state index contributed by atoms with van der Waals surface area (Å²) in [6.45, 7) is 6.51. The standard InChI is InChI=1S/C22H25N3O4/c1-4-20-23-17-10-8-7-9-16(17)22(27)25(20)14-21(26)24-18-13-15(28-5-2)11-12-19(18)29-6-3/h7-13H,4-6,14H2,1-3H3,(H,24,26). The van der Waals surface area contributed by atoms with E-state index in [0.717, 1.165) is 0 Å². The number of carbonyl (C=O) groups excluding carboxylic acids is 1. The summed E-state index contributed by atoms with van der Waals surface area (Å²) in [5.41, 5.74) is 0.910. The molecule has 1 N–H and O–H groups in total. The maximum Gasteiger partial charge on any atom is 0.261 e. The third kappa shape index (κ3) is 4.56. The minimum Gasteiger partial charge on any atom is -0.494 e. The number of hydrogen-bond donors (Lipinski definition) is 1. The van der Waals surface area contributed by atoms with E-state index in [9.17, 15) is 9.59 Å². The van der Waals surface area contributed by atoms with E-state index in [0.29, 0.717) is 53.5 Å². The first-order chi connectivity index (χ1) is 14.1. The number of benzene rings is 2. The number of ether oxygens (including phenoxy) is 2. The largest absolute Gasteiger partial charge is 0.494 e. The monoisotopic (exact) mass is 395 g/mol. The van der Waals surface area contributed by atoms with Crippen LogP contribution in [0.3, 0.4) is 0 Å². The second-order valence-electron chi connectivity index (χ2n) is 6.36. The van der Waals surface area contributed by atoms with E-state index in [1.807, 2.05) is 26.8 Å². The second kappa shape index (κ2) is 9.23. The van der Waals surface area contributed by atoms with Crippen LogP contribution >= 0.6 is 0 Å². The van der Waals surface area contributed by atoms with Crippen LogP contribution in [0.1, 0.15) is 26.6 Å². The van der Waals surface area contributed by atoms with Gasteiger partial charge >= 0.3 is 0 Å². The topological polar surface area (TPSA) is 82.4 Å². The Kier molecular flexibility index (Phi) is 6.49. The normalized spacial score (nSPS) is 10.7. The molecule has 0 atom stereocenters. The fraction of sp³-hybridized carbons (Fsp3) is 0.318. The number of fused-ring (bicyclic) bond motifs is 1. The molecule has 29 heavy (non-hydrogen) atoms. The van der Waals surface area contributed by atoms with Crippen LogP contribution in [0.4, 0.5) is 5.69 Å². The molecule has 0 fully saturated rings. The van der Waals surface area contributed by atoms with Crippen LogP contribution in [-0.4, -0.2) is 28.7 Å². The van der Waals surface area contributed by atoms with Crippen LogP contribution in [0.2, 0.25) is 0 Å². The molecular weight excluding hydrogens is 370 g/mol. The number of amides is 1. The summed E-state index contributed by atoms with van der Waals surface area (Å²) in [6, 6.07) is 12.4. The molecule has 0 saturated heterocycles. The Bertz CT molecular complexity index is 1080. The Balaban J connectivity index is 1.90. The zero-order valence-electron chi connectivity index (χ0n) is 16.9. The number of aromatic nitrogens is 2. The minimum atomic E-state index is -0.339. The summed E-state index contributed by atoms with van der Waals surface area (Å²) in [7, 11) is 0. The van der Waals surface area contributed by atoms with Gasteiger partial charge < -0.3 is 14.8 Å². The van der Waals surface area contributed by atoms with Gasteiger partial charge in [0.2, 0.25) is 5.91 Å². The number of nitrogens with zero attached hydrogens (tertiary/aromatic N) is 2. The Labute approximate surface area is 169 Å². The molecule has 0 bridgehead atoms. The van der Waals surface area contributed by atoms with Crippen molar-refractivity contribution in [3.63, 3.8) is 0 Å². The first kappa shape index (κ1) is 20.4. The van der Waals surface area contributed by atoms with E-state index in [1.54, 1.807) is 36.4 Å². The zero-order chi connectivity index (χ0) is 20.8. The van der Waals surface area contributed by atoms with Crippen molar-refractivity contribution >= 4 is 22.5 Å². The van der Waals surface area contributed by atoms with Crippen molar-refractivity contribution in [3.8, 4) is 11.5 Å². The molecule has 1 amide bonds. The summed E-state index contributed by atoms with van der Waals surface area (Å²) < 4.78 is 12.5. The van der Waals surface area contributed by atoms with Crippen LogP contribution in [-0.2, 0) is 17.8 Å². The Hall–Kier alpha value is -3.35. The molecule has 7 nitrogen and oxygen atoms in total. The third-order valence-electron chi connectivity index (χ3n) is 4.39. The number of anilines is 1. The molecule has 152 valence electrons. The summed E-state index contributed by atoms with van der Waals surface area (Å²) in [6.07, 6.45) is 0.539. The van der Waals surface area contributed by atoms with E-state index in [4.69, 9.17) is 9.47 Å². The van der Waals surface area contributed by atoms with Gasteiger partial charge in [0.25, 0.3) is 5.56 Å². The zero-order valence-corrected chi connectivity index (χ0v) is 16.9. The van der Waals surface area contributed by atoms with Gasteiger partial charge in [-0.15, -0.1) is 0 Å². The quantitative estimate of drug-likeness (QED) is 0.632. The highest BCUT2D eigenvalue weighted by atomic mass is 16.5. The van der Waals surface area contributed by atoms with Gasteiger partial charge in [-0.25, -0.2) is 4.98 Å². The lowest BCUT2D eigenvalue weighted by Gasteiger charge is -2.15. The van der Waals surface area contributed by atoms with E-state index >= 15 is 0 Å². The van der Waals surface area contributed by atoms with E-state index < -0.39 is 0 Å². The molecule has 0 radical (unpaired) electrons. The van der Waals surface area contributed by atoms with E-state index in [2.05, 4.69) is 10.3 Å². The molecule has 3 aromatic rings. The minimum absolute atomic E-state index is 0.135. The maximum absolute atomic E-state index is 12.9.